The molecule has 2 rings (SSSR count). The molecule has 2 unspecified atom stereocenters. The van der Waals surface area contributed by atoms with Gasteiger partial charge >= 0.3 is 0 Å². The summed E-state index contributed by atoms with van der Waals surface area (Å²) in [5.41, 5.74) is 6.43. The molecule has 3 nitrogen and oxygen atoms in total. The Labute approximate surface area is 100 Å². The van der Waals surface area contributed by atoms with Crippen molar-refractivity contribution in [3.8, 4) is 0 Å². The molecule has 1 fully saturated rings. The topological polar surface area (TPSA) is 55.5 Å². The molecule has 0 aromatic heterocycles. The van der Waals surface area contributed by atoms with Gasteiger partial charge in [0.05, 0.1) is 12.7 Å². The smallest absolute Gasteiger partial charge is 0.129 e. The average molecular weight is 239 g/mol. The molecule has 2 atom stereocenters. The Bertz CT molecular complexity index is 402. The van der Waals surface area contributed by atoms with Crippen molar-refractivity contribution in [1.82, 2.24) is 0 Å². The first kappa shape index (κ1) is 12.5. The third kappa shape index (κ3) is 2.20. The second-order valence-corrected chi connectivity index (χ2v) is 4.80. The van der Waals surface area contributed by atoms with Crippen LogP contribution in [0.4, 0.5) is 4.39 Å². The summed E-state index contributed by atoms with van der Waals surface area (Å²) in [7, 11) is 0. The number of hydrogen-bond donors (Lipinski definition) is 2. The van der Waals surface area contributed by atoms with E-state index in [1.54, 1.807) is 12.1 Å². The summed E-state index contributed by atoms with van der Waals surface area (Å²) in [5.74, 6) is -0.386. The van der Waals surface area contributed by atoms with Crippen LogP contribution >= 0.6 is 0 Å². The van der Waals surface area contributed by atoms with E-state index in [1.165, 1.54) is 6.07 Å². The Morgan fingerprint density at radius 3 is 2.94 bits per heavy atom. The molecule has 3 N–H and O–H groups in total. The van der Waals surface area contributed by atoms with E-state index in [4.69, 9.17) is 10.5 Å². The van der Waals surface area contributed by atoms with E-state index in [0.717, 1.165) is 5.56 Å². The van der Waals surface area contributed by atoms with Gasteiger partial charge in [-0.15, -0.1) is 0 Å². The summed E-state index contributed by atoms with van der Waals surface area (Å²) >= 11 is 0. The summed E-state index contributed by atoms with van der Waals surface area (Å²) in [6.07, 6.45) is -0.243. The fourth-order valence-electron chi connectivity index (χ4n) is 2.31. The van der Waals surface area contributed by atoms with Gasteiger partial charge in [0.25, 0.3) is 0 Å². The largest absolute Gasteiger partial charge is 0.388 e. The van der Waals surface area contributed by atoms with Gasteiger partial charge in [0.2, 0.25) is 0 Å². The lowest BCUT2D eigenvalue weighted by Crippen LogP contribution is -2.37. The van der Waals surface area contributed by atoms with E-state index in [1.807, 2.05) is 6.92 Å². The normalized spacial score (nSPS) is 26.1. The fraction of sp³-hybridized carbons (Fsp3) is 0.538. The Morgan fingerprint density at radius 1 is 1.59 bits per heavy atom. The van der Waals surface area contributed by atoms with Gasteiger partial charge in [0.1, 0.15) is 5.82 Å². The highest BCUT2D eigenvalue weighted by Gasteiger charge is 2.42. The SMILES string of the molecule is Cc1ccc(F)c(C(O)C2(CN)CCOC2)c1. The van der Waals surface area contributed by atoms with E-state index in [9.17, 15) is 9.50 Å². The lowest BCUT2D eigenvalue weighted by atomic mass is 9.78. The highest BCUT2D eigenvalue weighted by Crippen LogP contribution is 2.41. The second-order valence-electron chi connectivity index (χ2n) is 4.80. The molecule has 0 aliphatic carbocycles. The summed E-state index contributed by atoms with van der Waals surface area (Å²) in [4.78, 5) is 0. The summed E-state index contributed by atoms with van der Waals surface area (Å²) in [6.45, 7) is 3.12. The number of aliphatic hydroxyl groups is 1. The monoisotopic (exact) mass is 239 g/mol. The van der Waals surface area contributed by atoms with Crippen molar-refractivity contribution in [3.05, 3.63) is 35.1 Å². The van der Waals surface area contributed by atoms with Crippen LogP contribution in [0.3, 0.4) is 0 Å². The van der Waals surface area contributed by atoms with Crippen molar-refractivity contribution in [2.75, 3.05) is 19.8 Å². The van der Waals surface area contributed by atoms with E-state index in [2.05, 4.69) is 0 Å². The van der Waals surface area contributed by atoms with Crippen molar-refractivity contribution < 1.29 is 14.2 Å². The van der Waals surface area contributed by atoms with Gasteiger partial charge in [-0.2, -0.15) is 0 Å². The van der Waals surface area contributed by atoms with Crippen LogP contribution < -0.4 is 5.73 Å². The minimum absolute atomic E-state index is 0.293. The van der Waals surface area contributed by atoms with E-state index < -0.39 is 11.5 Å². The Kier molecular flexibility index (Phi) is 3.47. The molecule has 17 heavy (non-hydrogen) atoms. The van der Waals surface area contributed by atoms with Gasteiger partial charge in [-0.1, -0.05) is 17.7 Å². The minimum Gasteiger partial charge on any atom is -0.388 e. The molecule has 0 saturated carbocycles. The number of aliphatic hydroxyl groups excluding tert-OH is 1. The number of nitrogens with two attached hydrogens (primary N) is 1. The first-order chi connectivity index (χ1) is 8.09. The van der Waals surface area contributed by atoms with E-state index >= 15 is 0 Å². The average Bonchev–Trinajstić information content (AvgIpc) is 2.81. The van der Waals surface area contributed by atoms with E-state index in [0.29, 0.717) is 31.7 Å². The van der Waals surface area contributed by atoms with Gasteiger partial charge in [-0.25, -0.2) is 4.39 Å². The molecule has 0 amide bonds. The zero-order valence-corrected chi connectivity index (χ0v) is 9.95. The van der Waals surface area contributed by atoms with Gasteiger partial charge in [0.15, 0.2) is 0 Å². The maximum atomic E-state index is 13.7. The lowest BCUT2D eigenvalue weighted by Gasteiger charge is -2.31. The van der Waals surface area contributed by atoms with Crippen molar-refractivity contribution >= 4 is 0 Å². The molecular formula is C13H18FNO2. The van der Waals surface area contributed by atoms with Crippen LogP contribution in [0.5, 0.6) is 0 Å². The van der Waals surface area contributed by atoms with Crippen LogP contribution in [-0.2, 0) is 4.74 Å². The minimum atomic E-state index is -0.908. The summed E-state index contributed by atoms with van der Waals surface area (Å²) < 4.78 is 19.0. The summed E-state index contributed by atoms with van der Waals surface area (Å²) in [6, 6.07) is 4.75. The van der Waals surface area contributed by atoms with Gasteiger partial charge in [-0.05, 0) is 19.4 Å². The number of rotatable bonds is 3. The molecular weight excluding hydrogens is 221 g/mol. The van der Waals surface area contributed by atoms with Crippen LogP contribution in [0, 0.1) is 18.2 Å². The van der Waals surface area contributed by atoms with Crippen molar-refractivity contribution in [2.45, 2.75) is 19.4 Å². The van der Waals surface area contributed by atoms with Crippen LogP contribution in [0.25, 0.3) is 0 Å². The molecule has 1 aromatic carbocycles. The third-order valence-corrected chi connectivity index (χ3v) is 3.57. The number of ether oxygens (including phenoxy) is 1. The maximum Gasteiger partial charge on any atom is 0.129 e. The van der Waals surface area contributed by atoms with Gasteiger partial charge < -0.3 is 15.6 Å². The van der Waals surface area contributed by atoms with Gasteiger partial charge in [-0.3, -0.25) is 0 Å². The Balaban J connectivity index is 2.35. The Hall–Kier alpha value is -0.970. The number of benzene rings is 1. The first-order valence-corrected chi connectivity index (χ1v) is 5.81. The predicted octanol–water partition coefficient (Wildman–Crippen LogP) is 1.53. The number of aryl methyl sites for hydroxylation is 1. The van der Waals surface area contributed by atoms with Gasteiger partial charge in [0, 0.05) is 24.1 Å². The Morgan fingerprint density at radius 2 is 2.35 bits per heavy atom. The predicted molar refractivity (Wildman–Crippen MR) is 63.0 cm³/mol. The van der Waals surface area contributed by atoms with E-state index in [-0.39, 0.29) is 5.82 Å². The standard InChI is InChI=1S/C13H18FNO2/c1-9-2-3-11(14)10(6-9)12(16)13(7-15)4-5-17-8-13/h2-3,6,12,16H,4-5,7-8,15H2,1H3. The van der Waals surface area contributed by atoms with Crippen molar-refractivity contribution in [2.24, 2.45) is 11.1 Å². The van der Waals surface area contributed by atoms with Crippen molar-refractivity contribution in [1.29, 1.82) is 0 Å². The molecule has 1 aliphatic heterocycles. The second kappa shape index (κ2) is 4.72. The zero-order chi connectivity index (χ0) is 12.5. The number of halogens is 1. The van der Waals surface area contributed by atoms with Crippen LogP contribution in [0.15, 0.2) is 18.2 Å². The third-order valence-electron chi connectivity index (χ3n) is 3.57. The lowest BCUT2D eigenvalue weighted by molar-refractivity contribution is 0.0167. The zero-order valence-electron chi connectivity index (χ0n) is 9.95. The molecule has 4 heteroatoms. The first-order valence-electron chi connectivity index (χ1n) is 5.81. The maximum absolute atomic E-state index is 13.7. The molecule has 1 saturated heterocycles. The molecule has 0 spiro atoms. The molecule has 1 aromatic rings. The molecule has 1 aliphatic rings. The molecule has 94 valence electrons. The highest BCUT2D eigenvalue weighted by molar-refractivity contribution is 5.27. The van der Waals surface area contributed by atoms with Crippen LogP contribution in [0.2, 0.25) is 0 Å². The van der Waals surface area contributed by atoms with Crippen LogP contribution in [-0.4, -0.2) is 24.9 Å². The van der Waals surface area contributed by atoms with Crippen molar-refractivity contribution in [3.63, 3.8) is 0 Å². The highest BCUT2D eigenvalue weighted by atomic mass is 19.1. The summed E-state index contributed by atoms with van der Waals surface area (Å²) in [5, 5.41) is 10.4. The molecule has 0 bridgehead atoms. The quantitative estimate of drug-likeness (QED) is 0.841. The van der Waals surface area contributed by atoms with Crippen LogP contribution in [0.1, 0.15) is 23.7 Å². The number of hydrogen-bond acceptors (Lipinski definition) is 3. The molecule has 1 heterocycles. The fourth-order valence-corrected chi connectivity index (χ4v) is 2.31. The molecule has 0 radical (unpaired) electrons.